The van der Waals surface area contributed by atoms with Crippen LogP contribution in [0.15, 0.2) is 0 Å². The van der Waals surface area contributed by atoms with Crippen molar-refractivity contribution in [2.24, 2.45) is 11.8 Å². The van der Waals surface area contributed by atoms with Gasteiger partial charge in [0.1, 0.15) is 0 Å². The van der Waals surface area contributed by atoms with Crippen molar-refractivity contribution in [1.29, 1.82) is 0 Å². The van der Waals surface area contributed by atoms with Gasteiger partial charge >= 0.3 is 12.0 Å². The minimum Gasteiger partial charge on any atom is -0.481 e. The zero-order valence-electron chi connectivity index (χ0n) is 12.0. The molecule has 2 amide bonds. The maximum Gasteiger partial charge on any atom is 0.314 e. The van der Waals surface area contributed by atoms with E-state index < -0.39 is 5.97 Å². The zero-order chi connectivity index (χ0) is 14.6. The summed E-state index contributed by atoms with van der Waals surface area (Å²) < 4.78 is 0.289. The molecule has 0 spiro atoms. The number of thioether (sulfide) groups is 1. The molecule has 6 heteroatoms. The fourth-order valence-corrected chi connectivity index (χ4v) is 3.47. The molecule has 2 saturated carbocycles. The Hall–Kier alpha value is -0.910. The minimum absolute atomic E-state index is 0.0920. The van der Waals surface area contributed by atoms with E-state index in [-0.39, 0.29) is 16.7 Å². The largest absolute Gasteiger partial charge is 0.481 e. The molecule has 114 valence electrons. The molecule has 2 fully saturated rings. The molecule has 0 aliphatic heterocycles. The number of hydrogen-bond acceptors (Lipinski definition) is 3. The van der Waals surface area contributed by atoms with E-state index in [1.807, 2.05) is 11.8 Å². The Balaban J connectivity index is 1.58. The van der Waals surface area contributed by atoms with Crippen molar-refractivity contribution in [3.8, 4) is 0 Å². The molecule has 2 rings (SSSR count). The monoisotopic (exact) mass is 300 g/mol. The molecular formula is C14H24N2O3S. The van der Waals surface area contributed by atoms with Gasteiger partial charge in [0.15, 0.2) is 0 Å². The molecule has 0 aromatic rings. The van der Waals surface area contributed by atoms with Crippen molar-refractivity contribution >= 4 is 23.8 Å². The van der Waals surface area contributed by atoms with Crippen molar-refractivity contribution in [2.75, 3.05) is 19.3 Å². The van der Waals surface area contributed by atoms with Gasteiger partial charge in [0.05, 0.1) is 5.92 Å². The highest BCUT2D eigenvalue weighted by Crippen LogP contribution is 2.46. The molecule has 20 heavy (non-hydrogen) atoms. The Morgan fingerprint density at radius 3 is 2.35 bits per heavy atom. The highest BCUT2D eigenvalue weighted by atomic mass is 32.2. The average Bonchev–Trinajstić information content (AvgIpc) is 3.24. The number of rotatable bonds is 6. The van der Waals surface area contributed by atoms with Crippen molar-refractivity contribution in [3.05, 3.63) is 0 Å². The number of amides is 2. The lowest BCUT2D eigenvalue weighted by Crippen LogP contribution is -2.42. The smallest absolute Gasteiger partial charge is 0.314 e. The van der Waals surface area contributed by atoms with E-state index in [1.165, 1.54) is 12.8 Å². The number of hydrogen-bond donors (Lipinski definition) is 3. The highest BCUT2D eigenvalue weighted by Gasteiger charge is 2.41. The number of carbonyl (C=O) groups excluding carboxylic acids is 1. The van der Waals surface area contributed by atoms with E-state index >= 15 is 0 Å². The Morgan fingerprint density at radius 1 is 1.20 bits per heavy atom. The van der Waals surface area contributed by atoms with Crippen LogP contribution in [0.1, 0.15) is 38.5 Å². The summed E-state index contributed by atoms with van der Waals surface area (Å²) >= 11 is 1.83. The first-order valence-electron chi connectivity index (χ1n) is 7.34. The average molecular weight is 300 g/mol. The highest BCUT2D eigenvalue weighted by molar-refractivity contribution is 8.00. The number of nitrogens with one attached hydrogen (secondary N) is 2. The molecule has 0 heterocycles. The summed E-state index contributed by atoms with van der Waals surface area (Å²) in [6.45, 7) is 1.40. The number of carboxylic acids is 1. The first-order valence-corrected chi connectivity index (χ1v) is 8.57. The molecule has 3 N–H and O–H groups in total. The second-order valence-corrected chi connectivity index (χ2v) is 7.28. The van der Waals surface area contributed by atoms with Crippen molar-refractivity contribution in [1.82, 2.24) is 10.6 Å². The van der Waals surface area contributed by atoms with Gasteiger partial charge in [-0.25, -0.2) is 4.79 Å². The van der Waals surface area contributed by atoms with Gasteiger partial charge in [-0.3, -0.25) is 4.79 Å². The summed E-state index contributed by atoms with van der Waals surface area (Å²) in [5.41, 5.74) is 0. The van der Waals surface area contributed by atoms with Gasteiger partial charge in [-0.15, -0.1) is 0 Å². The van der Waals surface area contributed by atoms with Crippen LogP contribution in [0.25, 0.3) is 0 Å². The summed E-state index contributed by atoms with van der Waals surface area (Å²) in [7, 11) is 0. The molecule has 0 saturated heterocycles. The second-order valence-electron chi connectivity index (χ2n) is 6.01. The maximum absolute atomic E-state index is 11.7. The summed E-state index contributed by atoms with van der Waals surface area (Å²) in [6, 6.07) is -0.0920. The molecule has 2 aliphatic carbocycles. The Labute approximate surface area is 124 Å². The zero-order valence-corrected chi connectivity index (χ0v) is 12.8. The molecule has 0 aromatic carbocycles. The van der Waals surface area contributed by atoms with Gasteiger partial charge in [-0.2, -0.15) is 11.8 Å². The molecule has 0 aromatic heterocycles. The first kappa shape index (κ1) is 15.5. The van der Waals surface area contributed by atoms with Crippen LogP contribution in [0.3, 0.4) is 0 Å². The number of carboxylic acid groups (broad SMARTS) is 1. The number of aliphatic carboxylic acids is 1. The van der Waals surface area contributed by atoms with Crippen LogP contribution in [0, 0.1) is 11.8 Å². The third kappa shape index (κ3) is 4.30. The maximum atomic E-state index is 11.7. The lowest BCUT2D eigenvalue weighted by molar-refractivity contribution is -0.143. The summed E-state index contributed by atoms with van der Waals surface area (Å²) in [5, 5.41) is 14.8. The molecule has 0 atom stereocenters. The fourth-order valence-electron chi connectivity index (χ4n) is 2.75. The van der Waals surface area contributed by atoms with Crippen molar-refractivity contribution in [3.63, 3.8) is 0 Å². The minimum atomic E-state index is -0.680. The molecule has 0 unspecified atom stereocenters. The van der Waals surface area contributed by atoms with E-state index in [4.69, 9.17) is 5.11 Å². The Morgan fingerprint density at radius 2 is 1.85 bits per heavy atom. The van der Waals surface area contributed by atoms with Crippen LogP contribution in [0.4, 0.5) is 4.79 Å². The number of carbonyl (C=O) groups is 2. The van der Waals surface area contributed by atoms with Crippen molar-refractivity contribution < 1.29 is 14.7 Å². The lowest BCUT2D eigenvalue weighted by atomic mass is 9.82. The molecule has 5 nitrogen and oxygen atoms in total. The van der Waals surface area contributed by atoms with Crippen LogP contribution in [0.5, 0.6) is 0 Å². The van der Waals surface area contributed by atoms with E-state index in [0.717, 1.165) is 32.2 Å². The van der Waals surface area contributed by atoms with E-state index in [1.54, 1.807) is 0 Å². The van der Waals surface area contributed by atoms with E-state index in [0.29, 0.717) is 12.5 Å². The van der Waals surface area contributed by atoms with Crippen LogP contribution < -0.4 is 10.6 Å². The Bertz CT molecular complexity index is 363. The lowest BCUT2D eigenvalue weighted by Gasteiger charge is -2.26. The normalized spacial score (nSPS) is 27.6. The van der Waals surface area contributed by atoms with Crippen LogP contribution >= 0.6 is 11.8 Å². The topological polar surface area (TPSA) is 78.4 Å². The van der Waals surface area contributed by atoms with Crippen LogP contribution in [0.2, 0.25) is 0 Å². The quantitative estimate of drug-likeness (QED) is 0.702. The van der Waals surface area contributed by atoms with E-state index in [2.05, 4.69) is 16.9 Å². The Kier molecular flexibility index (Phi) is 5.18. The van der Waals surface area contributed by atoms with Gasteiger partial charge in [-0.05, 0) is 50.7 Å². The molecule has 2 aliphatic rings. The third-order valence-corrected chi connectivity index (χ3v) is 5.98. The summed E-state index contributed by atoms with van der Waals surface area (Å²) in [5.74, 6) is -0.441. The predicted molar refractivity (Wildman–Crippen MR) is 80.0 cm³/mol. The SMILES string of the molecule is CSC1(CNC(=O)NCC2CCC(C(=O)O)CC2)CC1. The summed E-state index contributed by atoms with van der Waals surface area (Å²) in [6.07, 6.45) is 7.73. The molecule has 0 radical (unpaired) electrons. The van der Waals surface area contributed by atoms with Crippen molar-refractivity contribution in [2.45, 2.75) is 43.3 Å². The standard InChI is InChI=1S/C14H24N2O3S/c1-20-14(6-7-14)9-16-13(19)15-8-10-2-4-11(5-3-10)12(17)18/h10-11H,2-9H2,1H3,(H,17,18)(H2,15,16,19). The van der Waals surface area contributed by atoms with Gasteiger partial charge < -0.3 is 15.7 Å². The third-order valence-electron chi connectivity index (χ3n) is 4.56. The fraction of sp³-hybridized carbons (Fsp3) is 0.857. The van der Waals surface area contributed by atoms with Crippen LogP contribution in [-0.2, 0) is 4.79 Å². The number of urea groups is 1. The molecule has 0 bridgehead atoms. The van der Waals surface area contributed by atoms with Gasteiger partial charge in [-0.1, -0.05) is 0 Å². The van der Waals surface area contributed by atoms with Crippen LogP contribution in [-0.4, -0.2) is 41.2 Å². The second kappa shape index (κ2) is 6.70. The van der Waals surface area contributed by atoms with E-state index in [9.17, 15) is 9.59 Å². The van der Waals surface area contributed by atoms with Gasteiger partial charge in [0.25, 0.3) is 0 Å². The molecular weight excluding hydrogens is 276 g/mol. The predicted octanol–water partition coefficient (Wildman–Crippen LogP) is 2.07. The first-order chi connectivity index (χ1) is 9.54. The summed E-state index contributed by atoms with van der Waals surface area (Å²) in [4.78, 5) is 22.6. The van der Waals surface area contributed by atoms with Gasteiger partial charge in [0, 0.05) is 17.8 Å². The van der Waals surface area contributed by atoms with Gasteiger partial charge in [0.2, 0.25) is 0 Å².